The zero-order valence-corrected chi connectivity index (χ0v) is 11.5. The second-order valence-electron chi connectivity index (χ2n) is 3.95. The number of phenols is 1. The van der Waals surface area contributed by atoms with Crippen LogP contribution in [0.3, 0.4) is 0 Å². The van der Waals surface area contributed by atoms with Gasteiger partial charge in [-0.3, -0.25) is 0 Å². The Bertz CT molecular complexity index is 450. The lowest BCUT2D eigenvalue weighted by molar-refractivity contribution is 0.317. The summed E-state index contributed by atoms with van der Waals surface area (Å²) in [6.45, 7) is 3.95. The van der Waals surface area contributed by atoms with Crippen LogP contribution in [0, 0.1) is 0 Å². The number of hydrogen-bond acceptors (Lipinski definition) is 4. The molecule has 4 heteroatoms. The van der Waals surface area contributed by atoms with Gasteiger partial charge in [0, 0.05) is 18.1 Å². The van der Waals surface area contributed by atoms with Crippen LogP contribution in [0.5, 0.6) is 23.0 Å². The molecule has 0 aliphatic heterocycles. The molecule has 0 aliphatic rings. The summed E-state index contributed by atoms with van der Waals surface area (Å²) in [6, 6.07) is 1.54. The van der Waals surface area contributed by atoms with Crippen molar-refractivity contribution in [2.45, 2.75) is 20.3 Å². The van der Waals surface area contributed by atoms with Crippen molar-refractivity contribution in [2.24, 2.45) is 0 Å². The van der Waals surface area contributed by atoms with E-state index >= 15 is 0 Å². The predicted molar refractivity (Wildman–Crippen MR) is 70.9 cm³/mol. The Morgan fingerprint density at radius 1 is 1.17 bits per heavy atom. The Balaban J connectivity index is 3.40. The summed E-state index contributed by atoms with van der Waals surface area (Å²) in [5.74, 6) is 1.60. The van der Waals surface area contributed by atoms with Gasteiger partial charge in [0.1, 0.15) is 5.75 Å². The van der Waals surface area contributed by atoms with E-state index in [-0.39, 0.29) is 5.75 Å². The lowest BCUT2D eigenvalue weighted by Gasteiger charge is -2.17. The first kappa shape index (κ1) is 14.2. The number of rotatable bonds is 5. The number of aromatic hydroxyl groups is 1. The summed E-state index contributed by atoms with van der Waals surface area (Å²) in [4.78, 5) is 0. The van der Waals surface area contributed by atoms with Crippen LogP contribution in [0.15, 0.2) is 17.7 Å². The molecule has 0 radical (unpaired) electrons. The summed E-state index contributed by atoms with van der Waals surface area (Å²) >= 11 is 0. The Hall–Kier alpha value is -1.84. The zero-order valence-electron chi connectivity index (χ0n) is 11.5. The topological polar surface area (TPSA) is 47.9 Å². The fourth-order valence-electron chi connectivity index (χ4n) is 1.75. The molecule has 1 aromatic rings. The van der Waals surface area contributed by atoms with E-state index in [1.54, 1.807) is 20.3 Å². The average Bonchev–Trinajstić information content (AvgIpc) is 2.39. The van der Waals surface area contributed by atoms with E-state index < -0.39 is 0 Å². The fraction of sp³-hybridized carbons (Fsp3) is 0.429. The van der Waals surface area contributed by atoms with Crippen LogP contribution in [-0.2, 0) is 6.42 Å². The van der Waals surface area contributed by atoms with Crippen LogP contribution in [0.25, 0.3) is 0 Å². The lowest BCUT2D eigenvalue weighted by atomic mass is 10.0. The molecule has 0 saturated carbocycles. The molecule has 1 N–H and O–H groups in total. The molecular formula is C14H20O4. The van der Waals surface area contributed by atoms with Gasteiger partial charge in [0.05, 0.1) is 21.3 Å². The van der Waals surface area contributed by atoms with E-state index in [4.69, 9.17) is 14.2 Å². The monoisotopic (exact) mass is 252 g/mol. The minimum absolute atomic E-state index is 0.144. The van der Waals surface area contributed by atoms with Crippen molar-refractivity contribution in [3.63, 3.8) is 0 Å². The molecule has 0 spiro atoms. The molecule has 0 fully saturated rings. The van der Waals surface area contributed by atoms with Gasteiger partial charge in [-0.1, -0.05) is 11.6 Å². The fourth-order valence-corrected chi connectivity index (χ4v) is 1.75. The molecule has 1 aromatic carbocycles. The molecule has 0 bridgehead atoms. The minimum atomic E-state index is 0.144. The van der Waals surface area contributed by atoms with E-state index in [0.717, 1.165) is 5.57 Å². The van der Waals surface area contributed by atoms with Crippen LogP contribution in [0.2, 0.25) is 0 Å². The van der Waals surface area contributed by atoms with E-state index in [2.05, 4.69) is 0 Å². The number of hydrogen-bond donors (Lipinski definition) is 1. The standard InChI is InChI=1S/C14H20O4/c1-6-9(2)7-10-11(15)8-12(16-3)14(18-5)13(10)17-4/h6,8,15H,7H2,1-5H3/b9-6+. The second-order valence-corrected chi connectivity index (χ2v) is 3.95. The van der Waals surface area contributed by atoms with Crippen LogP contribution in [0.1, 0.15) is 19.4 Å². The molecule has 18 heavy (non-hydrogen) atoms. The van der Waals surface area contributed by atoms with Crippen LogP contribution in [0.4, 0.5) is 0 Å². The number of allylic oxidation sites excluding steroid dienone is 2. The number of methoxy groups -OCH3 is 3. The van der Waals surface area contributed by atoms with Gasteiger partial charge in [-0.05, 0) is 13.8 Å². The van der Waals surface area contributed by atoms with Gasteiger partial charge in [0.15, 0.2) is 11.5 Å². The van der Waals surface area contributed by atoms with Crippen LogP contribution < -0.4 is 14.2 Å². The minimum Gasteiger partial charge on any atom is -0.507 e. The maximum Gasteiger partial charge on any atom is 0.203 e. The summed E-state index contributed by atoms with van der Waals surface area (Å²) in [6.07, 6.45) is 2.60. The van der Waals surface area contributed by atoms with E-state index in [1.807, 2.05) is 19.9 Å². The molecule has 0 atom stereocenters. The molecule has 1 rings (SSSR count). The SMILES string of the molecule is C/C=C(\C)Cc1c(O)cc(OC)c(OC)c1OC. The van der Waals surface area contributed by atoms with E-state index in [1.165, 1.54) is 7.11 Å². The lowest BCUT2D eigenvalue weighted by Crippen LogP contribution is -2.00. The predicted octanol–water partition coefficient (Wildman–Crippen LogP) is 2.93. The van der Waals surface area contributed by atoms with Gasteiger partial charge in [-0.2, -0.15) is 0 Å². The number of phenolic OH excluding ortho intramolecular Hbond substituents is 1. The summed E-state index contributed by atoms with van der Waals surface area (Å²) in [5.41, 5.74) is 1.83. The maximum absolute atomic E-state index is 10.1. The normalized spacial score (nSPS) is 11.3. The van der Waals surface area contributed by atoms with Gasteiger partial charge in [-0.25, -0.2) is 0 Å². The second kappa shape index (κ2) is 6.19. The summed E-state index contributed by atoms with van der Waals surface area (Å²) < 4.78 is 15.8. The number of benzene rings is 1. The zero-order chi connectivity index (χ0) is 13.7. The summed E-state index contributed by atoms with van der Waals surface area (Å²) in [5, 5.41) is 10.1. The van der Waals surface area contributed by atoms with Crippen molar-refractivity contribution in [2.75, 3.05) is 21.3 Å². The molecule has 0 amide bonds. The molecule has 100 valence electrons. The first-order valence-corrected chi connectivity index (χ1v) is 5.71. The summed E-state index contributed by atoms with van der Waals surface area (Å²) in [7, 11) is 4.61. The van der Waals surface area contributed by atoms with Crippen molar-refractivity contribution < 1.29 is 19.3 Å². The largest absolute Gasteiger partial charge is 0.507 e. The molecule has 0 aliphatic carbocycles. The highest BCUT2D eigenvalue weighted by Crippen LogP contribution is 2.45. The third kappa shape index (κ3) is 2.70. The van der Waals surface area contributed by atoms with Gasteiger partial charge in [0.25, 0.3) is 0 Å². The highest BCUT2D eigenvalue weighted by molar-refractivity contribution is 5.62. The van der Waals surface area contributed by atoms with Crippen molar-refractivity contribution in [3.8, 4) is 23.0 Å². The third-order valence-electron chi connectivity index (χ3n) is 2.86. The molecule has 0 heterocycles. The van der Waals surface area contributed by atoms with Crippen molar-refractivity contribution in [1.82, 2.24) is 0 Å². The van der Waals surface area contributed by atoms with Gasteiger partial charge >= 0.3 is 0 Å². The maximum atomic E-state index is 10.1. The Morgan fingerprint density at radius 2 is 1.78 bits per heavy atom. The molecular weight excluding hydrogens is 232 g/mol. The first-order valence-electron chi connectivity index (χ1n) is 5.71. The quantitative estimate of drug-likeness (QED) is 0.818. The van der Waals surface area contributed by atoms with Crippen molar-refractivity contribution >= 4 is 0 Å². The molecule has 0 aromatic heterocycles. The van der Waals surface area contributed by atoms with E-state index in [0.29, 0.717) is 29.2 Å². The number of ether oxygens (including phenoxy) is 3. The highest BCUT2D eigenvalue weighted by Gasteiger charge is 2.20. The Morgan fingerprint density at radius 3 is 2.22 bits per heavy atom. The first-order chi connectivity index (χ1) is 8.58. The van der Waals surface area contributed by atoms with Gasteiger partial charge in [-0.15, -0.1) is 0 Å². The van der Waals surface area contributed by atoms with Gasteiger partial charge in [0.2, 0.25) is 5.75 Å². The van der Waals surface area contributed by atoms with E-state index in [9.17, 15) is 5.11 Å². The van der Waals surface area contributed by atoms with Crippen LogP contribution in [-0.4, -0.2) is 26.4 Å². The average molecular weight is 252 g/mol. The third-order valence-corrected chi connectivity index (χ3v) is 2.86. The van der Waals surface area contributed by atoms with Crippen molar-refractivity contribution in [1.29, 1.82) is 0 Å². The van der Waals surface area contributed by atoms with Crippen molar-refractivity contribution in [3.05, 3.63) is 23.3 Å². The molecule has 0 unspecified atom stereocenters. The van der Waals surface area contributed by atoms with Gasteiger partial charge < -0.3 is 19.3 Å². The molecule has 0 saturated heterocycles. The Labute approximate surface area is 108 Å². The molecule has 4 nitrogen and oxygen atoms in total. The Kier molecular flexibility index (Phi) is 4.89. The smallest absolute Gasteiger partial charge is 0.203 e. The van der Waals surface area contributed by atoms with Crippen LogP contribution >= 0.6 is 0 Å². The highest BCUT2D eigenvalue weighted by atomic mass is 16.5.